The van der Waals surface area contributed by atoms with Crippen molar-refractivity contribution in [2.75, 3.05) is 5.32 Å². The molecule has 1 aliphatic heterocycles. The van der Waals surface area contributed by atoms with Gasteiger partial charge in [-0.15, -0.1) is 0 Å². The number of ether oxygens (including phenoxy) is 1. The van der Waals surface area contributed by atoms with Gasteiger partial charge in [0.2, 0.25) is 0 Å². The Morgan fingerprint density at radius 2 is 1.81 bits per heavy atom. The first-order chi connectivity index (χ1) is 15.2. The molecule has 0 aliphatic carbocycles. The van der Waals surface area contributed by atoms with Gasteiger partial charge in [-0.3, -0.25) is 4.79 Å². The molecule has 1 aromatic heterocycles. The first kappa shape index (κ1) is 19.1. The number of aryl methyl sites for hydroxylation is 2. The van der Waals surface area contributed by atoms with E-state index in [0.717, 1.165) is 23.3 Å². The third-order valence-electron chi connectivity index (χ3n) is 5.26. The maximum atomic E-state index is 12.7. The van der Waals surface area contributed by atoms with Gasteiger partial charge in [0.25, 0.3) is 11.8 Å². The fourth-order valence-corrected chi connectivity index (χ4v) is 3.65. The Morgan fingerprint density at radius 3 is 2.68 bits per heavy atom. The van der Waals surface area contributed by atoms with E-state index in [2.05, 4.69) is 27.6 Å². The van der Waals surface area contributed by atoms with Crippen LogP contribution in [0.25, 0.3) is 11.5 Å². The highest BCUT2D eigenvalue weighted by Gasteiger charge is 2.28. The van der Waals surface area contributed by atoms with E-state index in [1.807, 2.05) is 66.7 Å². The smallest absolute Gasteiger partial charge is 0.265 e. The lowest BCUT2D eigenvalue weighted by Gasteiger charge is -2.11. The lowest BCUT2D eigenvalue weighted by atomic mass is 10.1. The molecule has 1 atom stereocenters. The largest absolute Gasteiger partial charge is 0.480 e. The summed E-state index contributed by atoms with van der Waals surface area (Å²) in [5, 5.41) is 7.02. The number of carbonyl (C=O) groups is 1. The normalized spacial score (nSPS) is 14.6. The summed E-state index contributed by atoms with van der Waals surface area (Å²) < 4.78 is 11.2. The minimum absolute atomic E-state index is 0.178. The third kappa shape index (κ3) is 4.33. The molecule has 0 saturated heterocycles. The monoisotopic (exact) mass is 411 g/mol. The molecular weight excluding hydrogens is 390 g/mol. The van der Waals surface area contributed by atoms with Gasteiger partial charge in [0.05, 0.1) is 0 Å². The SMILES string of the molecule is O=C(Nc1cccc(-c2nc(CCc3ccccc3)no2)c1)C1Cc2ccccc2O1. The molecule has 1 N–H and O–H groups in total. The lowest BCUT2D eigenvalue weighted by molar-refractivity contribution is -0.122. The number of anilines is 1. The van der Waals surface area contributed by atoms with Crippen molar-refractivity contribution < 1.29 is 14.1 Å². The summed E-state index contributed by atoms with van der Waals surface area (Å²) in [5.41, 5.74) is 3.69. The number of nitrogens with zero attached hydrogens (tertiary/aromatic N) is 2. The predicted molar refractivity (Wildman–Crippen MR) is 117 cm³/mol. The van der Waals surface area contributed by atoms with Crippen LogP contribution in [0.3, 0.4) is 0 Å². The fraction of sp³-hybridized carbons (Fsp3) is 0.160. The van der Waals surface area contributed by atoms with Crippen LogP contribution in [0.5, 0.6) is 5.75 Å². The van der Waals surface area contributed by atoms with Crippen LogP contribution in [-0.2, 0) is 24.1 Å². The number of hydrogen-bond acceptors (Lipinski definition) is 5. The molecular formula is C25H21N3O3. The fourth-order valence-electron chi connectivity index (χ4n) is 3.65. The molecule has 2 heterocycles. The van der Waals surface area contributed by atoms with Crippen LogP contribution in [0.15, 0.2) is 83.4 Å². The van der Waals surface area contributed by atoms with E-state index in [4.69, 9.17) is 9.26 Å². The average molecular weight is 411 g/mol. The van der Waals surface area contributed by atoms with Crippen LogP contribution in [-0.4, -0.2) is 22.2 Å². The number of hydrogen-bond donors (Lipinski definition) is 1. The zero-order valence-electron chi connectivity index (χ0n) is 16.8. The Kier molecular flexibility index (Phi) is 5.19. The second kappa shape index (κ2) is 8.44. The van der Waals surface area contributed by atoms with E-state index >= 15 is 0 Å². The van der Waals surface area contributed by atoms with E-state index in [-0.39, 0.29) is 5.91 Å². The van der Waals surface area contributed by atoms with Crippen molar-refractivity contribution in [3.8, 4) is 17.2 Å². The van der Waals surface area contributed by atoms with Gasteiger partial charge in [-0.05, 0) is 41.8 Å². The summed E-state index contributed by atoms with van der Waals surface area (Å²) in [7, 11) is 0. The number of para-hydroxylation sites is 1. The minimum atomic E-state index is -0.533. The molecule has 6 nitrogen and oxygen atoms in total. The number of amides is 1. The molecule has 0 fully saturated rings. The Balaban J connectivity index is 1.23. The molecule has 1 unspecified atom stereocenters. The van der Waals surface area contributed by atoms with E-state index in [9.17, 15) is 4.79 Å². The summed E-state index contributed by atoms with van der Waals surface area (Å²) in [6, 6.07) is 25.3. The van der Waals surface area contributed by atoms with Crippen molar-refractivity contribution in [2.45, 2.75) is 25.4 Å². The van der Waals surface area contributed by atoms with Gasteiger partial charge >= 0.3 is 0 Å². The van der Waals surface area contributed by atoms with Crippen molar-refractivity contribution in [1.82, 2.24) is 10.1 Å². The zero-order valence-corrected chi connectivity index (χ0v) is 16.8. The van der Waals surface area contributed by atoms with Gasteiger partial charge < -0.3 is 14.6 Å². The Hall–Kier alpha value is -3.93. The summed E-state index contributed by atoms with van der Waals surface area (Å²) in [5.74, 6) is 1.68. The third-order valence-corrected chi connectivity index (χ3v) is 5.26. The second-order valence-corrected chi connectivity index (χ2v) is 7.49. The van der Waals surface area contributed by atoms with Gasteiger partial charge in [-0.1, -0.05) is 59.8 Å². The van der Waals surface area contributed by atoms with E-state index in [1.165, 1.54) is 5.56 Å². The van der Waals surface area contributed by atoms with Crippen LogP contribution in [0.4, 0.5) is 5.69 Å². The van der Waals surface area contributed by atoms with E-state index < -0.39 is 6.10 Å². The molecule has 5 rings (SSSR count). The Bertz CT molecular complexity index is 1180. The molecule has 0 saturated carbocycles. The van der Waals surface area contributed by atoms with E-state index in [1.54, 1.807) is 0 Å². The quantitative estimate of drug-likeness (QED) is 0.507. The van der Waals surface area contributed by atoms with Crippen LogP contribution in [0, 0.1) is 0 Å². The van der Waals surface area contributed by atoms with Crippen molar-refractivity contribution in [3.05, 3.63) is 95.8 Å². The molecule has 31 heavy (non-hydrogen) atoms. The number of benzene rings is 3. The highest BCUT2D eigenvalue weighted by Crippen LogP contribution is 2.29. The van der Waals surface area contributed by atoms with Gasteiger partial charge in [0.1, 0.15) is 5.75 Å². The summed E-state index contributed by atoms with van der Waals surface area (Å²) >= 11 is 0. The Labute approximate surface area is 179 Å². The lowest BCUT2D eigenvalue weighted by Crippen LogP contribution is -2.31. The van der Waals surface area contributed by atoms with Crippen LogP contribution < -0.4 is 10.1 Å². The van der Waals surface area contributed by atoms with Gasteiger partial charge in [0, 0.05) is 24.1 Å². The van der Waals surface area contributed by atoms with Crippen molar-refractivity contribution in [2.24, 2.45) is 0 Å². The minimum Gasteiger partial charge on any atom is -0.480 e. The van der Waals surface area contributed by atoms with E-state index in [0.29, 0.717) is 30.2 Å². The molecule has 154 valence electrons. The highest BCUT2D eigenvalue weighted by atomic mass is 16.5. The average Bonchev–Trinajstić information content (AvgIpc) is 3.46. The highest BCUT2D eigenvalue weighted by molar-refractivity contribution is 5.95. The van der Waals surface area contributed by atoms with Crippen LogP contribution in [0.1, 0.15) is 17.0 Å². The number of nitrogens with one attached hydrogen (secondary N) is 1. The summed E-state index contributed by atoms with van der Waals surface area (Å²) in [4.78, 5) is 17.2. The van der Waals surface area contributed by atoms with Crippen molar-refractivity contribution in [3.63, 3.8) is 0 Å². The summed E-state index contributed by atoms with van der Waals surface area (Å²) in [6.45, 7) is 0. The number of carbonyl (C=O) groups excluding carboxylic acids is 1. The van der Waals surface area contributed by atoms with Gasteiger partial charge in [-0.25, -0.2) is 0 Å². The zero-order chi connectivity index (χ0) is 21.0. The number of fused-ring (bicyclic) bond motifs is 1. The maximum Gasteiger partial charge on any atom is 0.265 e. The second-order valence-electron chi connectivity index (χ2n) is 7.49. The molecule has 4 aromatic rings. The number of aromatic nitrogens is 2. The predicted octanol–water partition coefficient (Wildman–Crippen LogP) is 4.46. The van der Waals surface area contributed by atoms with Gasteiger partial charge in [0.15, 0.2) is 11.9 Å². The maximum absolute atomic E-state index is 12.7. The molecule has 0 bridgehead atoms. The Morgan fingerprint density at radius 1 is 0.968 bits per heavy atom. The molecule has 6 heteroatoms. The molecule has 3 aromatic carbocycles. The van der Waals surface area contributed by atoms with Crippen LogP contribution in [0.2, 0.25) is 0 Å². The topological polar surface area (TPSA) is 77.3 Å². The first-order valence-corrected chi connectivity index (χ1v) is 10.3. The molecule has 1 amide bonds. The molecule has 0 radical (unpaired) electrons. The number of rotatable bonds is 6. The molecule has 0 spiro atoms. The van der Waals surface area contributed by atoms with Gasteiger partial charge in [-0.2, -0.15) is 4.98 Å². The molecule has 1 aliphatic rings. The van der Waals surface area contributed by atoms with Crippen molar-refractivity contribution in [1.29, 1.82) is 0 Å². The van der Waals surface area contributed by atoms with Crippen LogP contribution >= 0.6 is 0 Å². The van der Waals surface area contributed by atoms with Crippen molar-refractivity contribution >= 4 is 11.6 Å². The standard InChI is InChI=1S/C25H21N3O3/c29-24(22-16-18-9-4-5-12-21(18)30-22)26-20-11-6-10-19(15-20)25-27-23(28-31-25)14-13-17-7-2-1-3-8-17/h1-12,15,22H,13-14,16H2,(H,26,29). The first-order valence-electron chi connectivity index (χ1n) is 10.3. The summed E-state index contributed by atoms with van der Waals surface area (Å²) in [6.07, 6.45) is 1.58.